The van der Waals surface area contributed by atoms with Gasteiger partial charge in [0.25, 0.3) is 5.69 Å². The molecule has 0 spiro atoms. The summed E-state index contributed by atoms with van der Waals surface area (Å²) in [7, 11) is 0. The molecule has 0 saturated heterocycles. The standard InChI is InChI=1S/C14H11BrClN3O3/c15-11-4-2-1-3-9(11)8-17-14(20)18-10-5-6-12(16)13(7-10)19(21)22/h1-7H,8H2,(H2,17,18,20). The zero-order valence-electron chi connectivity index (χ0n) is 11.2. The Morgan fingerprint density at radius 1 is 1.27 bits per heavy atom. The second kappa shape index (κ2) is 7.24. The van der Waals surface area contributed by atoms with Gasteiger partial charge in [0.05, 0.1) is 4.92 Å². The number of amides is 2. The topological polar surface area (TPSA) is 84.3 Å². The van der Waals surface area contributed by atoms with E-state index in [-0.39, 0.29) is 10.7 Å². The molecule has 0 aliphatic carbocycles. The maximum absolute atomic E-state index is 11.8. The fraction of sp³-hybridized carbons (Fsp3) is 0.0714. The molecule has 6 nitrogen and oxygen atoms in total. The molecule has 0 bridgehead atoms. The number of nitrogens with zero attached hydrogens (tertiary/aromatic N) is 1. The molecule has 0 unspecified atom stereocenters. The molecule has 0 atom stereocenters. The number of urea groups is 1. The van der Waals surface area contributed by atoms with Crippen molar-refractivity contribution in [2.24, 2.45) is 0 Å². The Morgan fingerprint density at radius 3 is 2.68 bits per heavy atom. The van der Waals surface area contributed by atoms with Crippen LogP contribution in [0, 0.1) is 10.1 Å². The van der Waals surface area contributed by atoms with E-state index in [0.29, 0.717) is 12.2 Å². The first-order valence-corrected chi connectivity index (χ1v) is 7.36. The van der Waals surface area contributed by atoms with Gasteiger partial charge in [-0.3, -0.25) is 10.1 Å². The minimum atomic E-state index is -0.605. The number of hydrogen-bond donors (Lipinski definition) is 2. The molecule has 2 aromatic rings. The fourth-order valence-corrected chi connectivity index (χ4v) is 2.33. The van der Waals surface area contributed by atoms with Gasteiger partial charge in [-0.2, -0.15) is 0 Å². The van der Waals surface area contributed by atoms with Crippen molar-refractivity contribution in [2.75, 3.05) is 5.32 Å². The number of carbonyl (C=O) groups excluding carboxylic acids is 1. The van der Waals surface area contributed by atoms with Gasteiger partial charge in [-0.1, -0.05) is 45.7 Å². The zero-order chi connectivity index (χ0) is 16.1. The summed E-state index contributed by atoms with van der Waals surface area (Å²) < 4.78 is 0.887. The number of hydrogen-bond acceptors (Lipinski definition) is 3. The van der Waals surface area contributed by atoms with Crippen LogP contribution in [-0.4, -0.2) is 11.0 Å². The molecule has 0 aromatic heterocycles. The van der Waals surface area contributed by atoms with Crippen LogP contribution in [0.3, 0.4) is 0 Å². The number of halogens is 2. The van der Waals surface area contributed by atoms with Crippen LogP contribution in [0.25, 0.3) is 0 Å². The SMILES string of the molecule is O=C(NCc1ccccc1Br)Nc1ccc(Cl)c([N+](=O)[O-])c1. The Balaban J connectivity index is 1.99. The van der Waals surface area contributed by atoms with Crippen LogP contribution < -0.4 is 10.6 Å². The van der Waals surface area contributed by atoms with Crippen molar-refractivity contribution in [3.05, 3.63) is 67.6 Å². The summed E-state index contributed by atoms with van der Waals surface area (Å²) in [5.74, 6) is 0. The molecular weight excluding hydrogens is 374 g/mol. The Hall–Kier alpha value is -2.12. The summed E-state index contributed by atoms with van der Waals surface area (Å²) in [5.41, 5.74) is 0.950. The van der Waals surface area contributed by atoms with Gasteiger partial charge in [0, 0.05) is 22.8 Å². The van der Waals surface area contributed by atoms with Crippen molar-refractivity contribution in [3.8, 4) is 0 Å². The normalized spacial score (nSPS) is 10.1. The molecule has 0 aliphatic rings. The summed E-state index contributed by atoms with van der Waals surface area (Å²) in [6.45, 7) is 0.322. The summed E-state index contributed by atoms with van der Waals surface area (Å²) in [6, 6.07) is 11.1. The minimum Gasteiger partial charge on any atom is -0.334 e. The number of nitro groups is 1. The molecule has 114 valence electrons. The van der Waals surface area contributed by atoms with Crippen molar-refractivity contribution in [1.29, 1.82) is 0 Å². The lowest BCUT2D eigenvalue weighted by Gasteiger charge is -2.09. The van der Waals surface area contributed by atoms with Gasteiger partial charge in [0.15, 0.2) is 0 Å². The average molecular weight is 385 g/mol. The van der Waals surface area contributed by atoms with Gasteiger partial charge in [-0.25, -0.2) is 4.79 Å². The highest BCUT2D eigenvalue weighted by Crippen LogP contribution is 2.27. The Labute approximate surface area is 139 Å². The second-order valence-corrected chi connectivity index (χ2v) is 5.58. The van der Waals surface area contributed by atoms with Gasteiger partial charge in [0.1, 0.15) is 5.02 Å². The molecular formula is C14H11BrClN3O3. The second-order valence-electron chi connectivity index (χ2n) is 4.32. The number of anilines is 1. The van der Waals surface area contributed by atoms with Crippen molar-refractivity contribution < 1.29 is 9.72 Å². The number of carbonyl (C=O) groups is 1. The van der Waals surface area contributed by atoms with E-state index in [9.17, 15) is 14.9 Å². The lowest BCUT2D eigenvalue weighted by molar-refractivity contribution is -0.384. The number of nitrogens with one attached hydrogen (secondary N) is 2. The number of rotatable bonds is 4. The molecule has 22 heavy (non-hydrogen) atoms. The van der Waals surface area contributed by atoms with Crippen molar-refractivity contribution in [1.82, 2.24) is 5.32 Å². The first kappa shape index (κ1) is 16.3. The third-order valence-electron chi connectivity index (χ3n) is 2.80. The maximum Gasteiger partial charge on any atom is 0.319 e. The molecule has 0 radical (unpaired) electrons. The summed E-state index contributed by atoms with van der Waals surface area (Å²) in [5, 5.41) is 16.0. The first-order chi connectivity index (χ1) is 10.5. The molecule has 2 aromatic carbocycles. The van der Waals surface area contributed by atoms with Crippen LogP contribution in [0.1, 0.15) is 5.56 Å². The van der Waals surface area contributed by atoms with Crippen LogP contribution in [0.2, 0.25) is 5.02 Å². The van der Waals surface area contributed by atoms with E-state index in [0.717, 1.165) is 10.0 Å². The highest BCUT2D eigenvalue weighted by molar-refractivity contribution is 9.10. The molecule has 0 fully saturated rings. The Kier molecular flexibility index (Phi) is 5.35. The zero-order valence-corrected chi connectivity index (χ0v) is 13.5. The van der Waals surface area contributed by atoms with Gasteiger partial charge in [-0.05, 0) is 23.8 Å². The van der Waals surface area contributed by atoms with Crippen LogP contribution in [0.4, 0.5) is 16.2 Å². The molecule has 0 heterocycles. The van der Waals surface area contributed by atoms with Crippen molar-refractivity contribution in [2.45, 2.75) is 6.54 Å². The monoisotopic (exact) mass is 383 g/mol. The Morgan fingerprint density at radius 2 is 2.00 bits per heavy atom. The van der Waals surface area contributed by atoms with Crippen molar-refractivity contribution in [3.63, 3.8) is 0 Å². The third kappa shape index (κ3) is 4.19. The average Bonchev–Trinajstić information content (AvgIpc) is 2.48. The Bertz CT molecular complexity index is 724. The van der Waals surface area contributed by atoms with Crippen LogP contribution in [-0.2, 0) is 6.54 Å². The van der Waals surface area contributed by atoms with E-state index in [1.165, 1.54) is 18.2 Å². The van der Waals surface area contributed by atoms with Gasteiger partial charge in [-0.15, -0.1) is 0 Å². The van der Waals surface area contributed by atoms with Gasteiger partial charge in [0.2, 0.25) is 0 Å². The fourth-order valence-electron chi connectivity index (χ4n) is 1.72. The van der Waals surface area contributed by atoms with Crippen LogP contribution >= 0.6 is 27.5 Å². The number of nitro benzene ring substituents is 1. The largest absolute Gasteiger partial charge is 0.334 e. The molecule has 0 aliphatic heterocycles. The van der Waals surface area contributed by atoms with Crippen molar-refractivity contribution >= 4 is 44.9 Å². The molecule has 0 saturated carbocycles. The maximum atomic E-state index is 11.8. The quantitative estimate of drug-likeness (QED) is 0.608. The number of benzene rings is 2. The lowest BCUT2D eigenvalue weighted by Crippen LogP contribution is -2.28. The highest BCUT2D eigenvalue weighted by atomic mass is 79.9. The van der Waals surface area contributed by atoms with E-state index < -0.39 is 11.0 Å². The lowest BCUT2D eigenvalue weighted by atomic mass is 10.2. The molecule has 2 rings (SSSR count). The third-order valence-corrected chi connectivity index (χ3v) is 3.89. The van der Waals surface area contributed by atoms with E-state index >= 15 is 0 Å². The van der Waals surface area contributed by atoms with Crippen LogP contribution in [0.5, 0.6) is 0 Å². The molecule has 2 N–H and O–H groups in total. The van der Waals surface area contributed by atoms with E-state index in [1.54, 1.807) is 0 Å². The van der Waals surface area contributed by atoms with E-state index in [2.05, 4.69) is 26.6 Å². The van der Waals surface area contributed by atoms with Gasteiger partial charge < -0.3 is 10.6 Å². The summed E-state index contributed by atoms with van der Waals surface area (Å²) in [4.78, 5) is 22.0. The van der Waals surface area contributed by atoms with E-state index in [1.807, 2.05) is 24.3 Å². The van der Waals surface area contributed by atoms with E-state index in [4.69, 9.17) is 11.6 Å². The van der Waals surface area contributed by atoms with Crippen LogP contribution in [0.15, 0.2) is 46.9 Å². The smallest absolute Gasteiger partial charge is 0.319 e. The molecule has 2 amide bonds. The summed E-state index contributed by atoms with van der Waals surface area (Å²) >= 11 is 9.10. The van der Waals surface area contributed by atoms with Gasteiger partial charge >= 0.3 is 6.03 Å². The minimum absolute atomic E-state index is 0.0178. The predicted octanol–water partition coefficient (Wildman–Crippen LogP) is 4.33. The summed E-state index contributed by atoms with van der Waals surface area (Å²) in [6.07, 6.45) is 0. The predicted molar refractivity (Wildman–Crippen MR) is 88.1 cm³/mol. The first-order valence-electron chi connectivity index (χ1n) is 6.19. The highest BCUT2D eigenvalue weighted by Gasteiger charge is 2.13. The molecule has 8 heteroatoms.